The third kappa shape index (κ3) is 4.11. The number of rotatable bonds is 4. The first-order valence-electron chi connectivity index (χ1n) is 9.51. The van der Waals surface area contributed by atoms with Crippen molar-refractivity contribution in [1.82, 2.24) is 20.0 Å². The Morgan fingerprint density at radius 3 is 2.62 bits per heavy atom. The van der Waals surface area contributed by atoms with Gasteiger partial charge in [-0.05, 0) is 51.9 Å². The highest BCUT2D eigenvalue weighted by Gasteiger charge is 2.27. The predicted molar refractivity (Wildman–Crippen MR) is 102 cm³/mol. The van der Waals surface area contributed by atoms with Crippen LogP contribution in [0.3, 0.4) is 0 Å². The third-order valence-corrected chi connectivity index (χ3v) is 5.47. The number of nitrogens with zero attached hydrogens (tertiary/aromatic N) is 3. The van der Waals surface area contributed by atoms with Gasteiger partial charge < -0.3 is 15.1 Å². The van der Waals surface area contributed by atoms with Gasteiger partial charge in [0, 0.05) is 57.0 Å². The minimum Gasteiger partial charge on any atom is -0.369 e. The summed E-state index contributed by atoms with van der Waals surface area (Å²) in [4.78, 5) is 7.53. The Hall–Kier alpha value is -1.10. The van der Waals surface area contributed by atoms with Crippen molar-refractivity contribution in [3.63, 3.8) is 0 Å². The molecule has 0 aromatic rings. The second-order valence-electron chi connectivity index (χ2n) is 7.89. The molecule has 4 heteroatoms. The van der Waals surface area contributed by atoms with E-state index in [0.717, 1.165) is 39.0 Å². The van der Waals surface area contributed by atoms with Crippen LogP contribution in [0.15, 0.2) is 35.1 Å². The average Bonchev–Trinajstić information content (AvgIpc) is 2.76. The lowest BCUT2D eigenvalue weighted by molar-refractivity contribution is 0.130. The van der Waals surface area contributed by atoms with Gasteiger partial charge in [0.2, 0.25) is 0 Å². The maximum Gasteiger partial charge on any atom is 0.0366 e. The van der Waals surface area contributed by atoms with Crippen molar-refractivity contribution in [2.24, 2.45) is 0 Å². The summed E-state index contributed by atoms with van der Waals surface area (Å²) in [7, 11) is 4.33. The summed E-state index contributed by atoms with van der Waals surface area (Å²) in [6.07, 6.45) is 9.34. The number of nitrogens with one attached hydrogen (secondary N) is 1. The molecule has 24 heavy (non-hydrogen) atoms. The number of piperazine rings is 1. The molecule has 2 heterocycles. The summed E-state index contributed by atoms with van der Waals surface area (Å²) in [5.41, 5.74) is 4.61. The number of allylic oxidation sites excluding steroid dienone is 3. The Labute approximate surface area is 147 Å². The van der Waals surface area contributed by atoms with Gasteiger partial charge in [-0.1, -0.05) is 18.2 Å². The quantitative estimate of drug-likeness (QED) is 0.852. The van der Waals surface area contributed by atoms with Gasteiger partial charge in [-0.3, -0.25) is 4.90 Å². The van der Waals surface area contributed by atoms with Crippen LogP contribution < -0.4 is 5.32 Å². The zero-order valence-electron chi connectivity index (χ0n) is 15.9. The molecule has 0 amide bonds. The lowest BCUT2D eigenvalue weighted by Crippen LogP contribution is -2.49. The van der Waals surface area contributed by atoms with Gasteiger partial charge in [0.25, 0.3) is 0 Å². The highest BCUT2D eigenvalue weighted by molar-refractivity contribution is 5.45. The Kier molecular flexibility index (Phi) is 5.80. The van der Waals surface area contributed by atoms with Gasteiger partial charge in [-0.15, -0.1) is 0 Å². The van der Waals surface area contributed by atoms with Crippen molar-refractivity contribution in [3.8, 4) is 0 Å². The zero-order chi connectivity index (χ0) is 17.1. The fraction of sp³-hybridized carbons (Fsp3) is 0.700. The zero-order valence-corrected chi connectivity index (χ0v) is 15.9. The van der Waals surface area contributed by atoms with Crippen LogP contribution in [-0.2, 0) is 0 Å². The molecular formula is C20H34N4. The lowest BCUT2D eigenvalue weighted by Gasteiger charge is -2.41. The van der Waals surface area contributed by atoms with Crippen LogP contribution in [0.2, 0.25) is 0 Å². The van der Waals surface area contributed by atoms with E-state index in [4.69, 9.17) is 0 Å². The maximum absolute atomic E-state index is 3.72. The van der Waals surface area contributed by atoms with E-state index in [1.165, 1.54) is 24.4 Å². The molecule has 0 radical (unpaired) electrons. The summed E-state index contributed by atoms with van der Waals surface area (Å²) in [5, 5.41) is 3.72. The van der Waals surface area contributed by atoms with Crippen molar-refractivity contribution < 1.29 is 0 Å². The third-order valence-electron chi connectivity index (χ3n) is 5.47. The molecule has 1 unspecified atom stereocenters. The normalized spacial score (nSPS) is 26.0. The smallest absolute Gasteiger partial charge is 0.0366 e. The molecular weight excluding hydrogens is 296 g/mol. The highest BCUT2D eigenvalue weighted by atomic mass is 15.3. The van der Waals surface area contributed by atoms with Crippen LogP contribution >= 0.6 is 0 Å². The molecule has 0 saturated carbocycles. The fourth-order valence-electron chi connectivity index (χ4n) is 4.12. The van der Waals surface area contributed by atoms with Crippen molar-refractivity contribution in [2.75, 3.05) is 53.4 Å². The van der Waals surface area contributed by atoms with Crippen LogP contribution in [-0.4, -0.2) is 80.1 Å². The van der Waals surface area contributed by atoms with E-state index in [2.05, 4.69) is 66.2 Å². The minimum atomic E-state index is 0.561. The molecule has 1 atom stereocenters. The van der Waals surface area contributed by atoms with Crippen molar-refractivity contribution >= 4 is 0 Å². The first-order valence-corrected chi connectivity index (χ1v) is 9.51. The van der Waals surface area contributed by atoms with Gasteiger partial charge in [0.1, 0.15) is 0 Å². The summed E-state index contributed by atoms with van der Waals surface area (Å²) in [5.74, 6) is 0. The molecule has 2 aliphatic heterocycles. The average molecular weight is 331 g/mol. The molecule has 1 saturated heterocycles. The summed E-state index contributed by atoms with van der Waals surface area (Å²) >= 11 is 0. The van der Waals surface area contributed by atoms with Gasteiger partial charge in [-0.25, -0.2) is 0 Å². The summed E-state index contributed by atoms with van der Waals surface area (Å²) < 4.78 is 0. The van der Waals surface area contributed by atoms with Crippen LogP contribution in [0, 0.1) is 0 Å². The second kappa shape index (κ2) is 7.85. The second-order valence-corrected chi connectivity index (χ2v) is 7.89. The van der Waals surface area contributed by atoms with E-state index in [-0.39, 0.29) is 0 Å². The summed E-state index contributed by atoms with van der Waals surface area (Å²) in [6.45, 7) is 11.4. The molecule has 4 nitrogen and oxygen atoms in total. The largest absolute Gasteiger partial charge is 0.369 e. The standard InChI is InChI=1S/C20H34N4/c1-16(2)23-9-11-24(12-10-23)20-8-6-5-7-17-14-21-18(13-19(17)20)15-22(3)4/h5,7-8,16,18,21H,6,9-15H2,1-4H3. The Balaban J connectivity index is 1.74. The molecule has 1 aliphatic carbocycles. The molecule has 134 valence electrons. The first-order chi connectivity index (χ1) is 11.5. The van der Waals surface area contributed by atoms with Crippen LogP contribution in [0.5, 0.6) is 0 Å². The fourth-order valence-corrected chi connectivity index (χ4v) is 4.12. The van der Waals surface area contributed by atoms with Crippen LogP contribution in [0.4, 0.5) is 0 Å². The first kappa shape index (κ1) is 17.7. The number of likely N-dealkylation sites (N-methyl/N-ethyl adjacent to an activating group) is 1. The molecule has 0 aromatic heterocycles. The van der Waals surface area contributed by atoms with E-state index >= 15 is 0 Å². The van der Waals surface area contributed by atoms with Gasteiger partial charge in [0.05, 0.1) is 0 Å². The van der Waals surface area contributed by atoms with E-state index in [9.17, 15) is 0 Å². The van der Waals surface area contributed by atoms with E-state index < -0.39 is 0 Å². The van der Waals surface area contributed by atoms with Crippen molar-refractivity contribution in [3.05, 3.63) is 35.1 Å². The Morgan fingerprint density at radius 1 is 1.21 bits per heavy atom. The maximum atomic E-state index is 3.72. The predicted octanol–water partition coefficient (Wildman–Crippen LogP) is 2.08. The molecule has 1 N–H and O–H groups in total. The minimum absolute atomic E-state index is 0.561. The van der Waals surface area contributed by atoms with Crippen molar-refractivity contribution in [1.29, 1.82) is 0 Å². The van der Waals surface area contributed by atoms with E-state index in [1.807, 2.05) is 0 Å². The van der Waals surface area contributed by atoms with E-state index in [1.54, 1.807) is 5.57 Å². The number of hydrogen-bond donors (Lipinski definition) is 1. The van der Waals surface area contributed by atoms with E-state index in [0.29, 0.717) is 12.1 Å². The summed E-state index contributed by atoms with van der Waals surface area (Å²) in [6, 6.07) is 1.22. The SMILES string of the molecule is CC(C)N1CCN(C2=CCC=CC3=C2CC(CN(C)C)NC3)CC1. The monoisotopic (exact) mass is 330 g/mol. The Bertz CT molecular complexity index is 522. The Morgan fingerprint density at radius 2 is 1.96 bits per heavy atom. The molecule has 3 rings (SSSR count). The molecule has 3 aliphatic rings. The molecule has 0 aromatic carbocycles. The number of hydrogen-bond acceptors (Lipinski definition) is 4. The molecule has 0 spiro atoms. The topological polar surface area (TPSA) is 21.8 Å². The molecule has 0 bridgehead atoms. The van der Waals surface area contributed by atoms with Crippen molar-refractivity contribution in [2.45, 2.75) is 38.8 Å². The van der Waals surface area contributed by atoms with Crippen LogP contribution in [0.1, 0.15) is 26.7 Å². The van der Waals surface area contributed by atoms with Gasteiger partial charge in [0.15, 0.2) is 0 Å². The molecule has 1 fully saturated rings. The lowest BCUT2D eigenvalue weighted by atomic mass is 9.92. The van der Waals surface area contributed by atoms with Gasteiger partial charge in [-0.2, -0.15) is 0 Å². The highest BCUT2D eigenvalue weighted by Crippen LogP contribution is 2.30. The van der Waals surface area contributed by atoms with Gasteiger partial charge >= 0.3 is 0 Å². The van der Waals surface area contributed by atoms with Crippen LogP contribution in [0.25, 0.3) is 0 Å².